The Labute approximate surface area is 112 Å². The van der Waals surface area contributed by atoms with Crippen LogP contribution < -0.4 is 5.56 Å². The average Bonchev–Trinajstić information content (AvgIpc) is 2.28. The minimum atomic E-state index is -0.328. The zero-order valence-corrected chi connectivity index (χ0v) is 11.5. The van der Waals surface area contributed by atoms with E-state index in [1.54, 1.807) is 6.07 Å². The maximum atomic E-state index is 11.8. The molecule has 0 bridgehead atoms. The summed E-state index contributed by atoms with van der Waals surface area (Å²) < 4.78 is 2.08. The van der Waals surface area contributed by atoms with Crippen LogP contribution >= 0.6 is 43.5 Å². The first kappa shape index (κ1) is 11.7. The molecule has 0 atom stereocenters. The Morgan fingerprint density at radius 2 is 2.00 bits per heavy atom. The van der Waals surface area contributed by atoms with E-state index in [0.29, 0.717) is 14.8 Å². The molecule has 0 aromatic carbocycles. The van der Waals surface area contributed by atoms with E-state index in [9.17, 15) is 4.79 Å². The van der Waals surface area contributed by atoms with E-state index in [0.717, 1.165) is 4.68 Å². The summed E-state index contributed by atoms with van der Waals surface area (Å²) in [5.74, 6) is 0.308. The molecule has 8 heteroatoms. The molecule has 0 saturated carbocycles. The van der Waals surface area contributed by atoms with Crippen LogP contribution in [0.2, 0.25) is 5.15 Å². The number of hydrogen-bond acceptors (Lipinski definition) is 4. The topological polar surface area (TPSA) is 60.7 Å². The molecule has 0 aliphatic rings. The minimum Gasteiger partial charge on any atom is -0.266 e. The third-order valence-corrected chi connectivity index (χ3v) is 3.81. The van der Waals surface area contributed by atoms with Gasteiger partial charge in [-0.2, -0.15) is 9.78 Å². The average molecular weight is 366 g/mol. The van der Waals surface area contributed by atoms with Crippen LogP contribution in [0.15, 0.2) is 32.1 Å². The van der Waals surface area contributed by atoms with E-state index >= 15 is 0 Å². The lowest BCUT2D eigenvalue weighted by molar-refractivity contribution is 0.752. The summed E-state index contributed by atoms with van der Waals surface area (Å²) in [5, 5.41) is 11.6. The van der Waals surface area contributed by atoms with Crippen LogP contribution in [0.25, 0.3) is 5.82 Å². The van der Waals surface area contributed by atoms with Crippen LogP contribution in [0.4, 0.5) is 0 Å². The second kappa shape index (κ2) is 4.60. The Morgan fingerprint density at radius 1 is 1.25 bits per heavy atom. The first-order valence-corrected chi connectivity index (χ1v) is 5.99. The number of rotatable bonds is 1. The van der Waals surface area contributed by atoms with E-state index in [1.807, 2.05) is 0 Å². The molecule has 0 amide bonds. The zero-order chi connectivity index (χ0) is 11.7. The van der Waals surface area contributed by atoms with Gasteiger partial charge in [-0.1, -0.05) is 11.6 Å². The van der Waals surface area contributed by atoms with E-state index in [4.69, 9.17) is 11.6 Å². The Hall–Kier alpha value is -0.790. The van der Waals surface area contributed by atoms with Gasteiger partial charge in [0.1, 0.15) is 4.47 Å². The molecule has 0 N–H and O–H groups in total. The van der Waals surface area contributed by atoms with Crippen LogP contribution in [0.5, 0.6) is 0 Å². The first-order valence-electron chi connectivity index (χ1n) is 4.02. The molecule has 2 rings (SSSR count). The lowest BCUT2D eigenvalue weighted by atomic mass is 10.5. The van der Waals surface area contributed by atoms with Gasteiger partial charge in [-0.25, -0.2) is 0 Å². The van der Waals surface area contributed by atoms with Gasteiger partial charge in [-0.3, -0.25) is 4.79 Å². The van der Waals surface area contributed by atoms with E-state index < -0.39 is 0 Å². The molecule has 0 aliphatic carbocycles. The van der Waals surface area contributed by atoms with Gasteiger partial charge in [0.05, 0.1) is 10.7 Å². The van der Waals surface area contributed by atoms with Crippen molar-refractivity contribution < 1.29 is 0 Å². The highest BCUT2D eigenvalue weighted by atomic mass is 79.9. The number of halogens is 3. The molecular formula is C8H3Br2ClN4O. The predicted molar refractivity (Wildman–Crippen MR) is 65.8 cm³/mol. The van der Waals surface area contributed by atoms with Crippen molar-refractivity contribution in [1.82, 2.24) is 20.0 Å². The van der Waals surface area contributed by atoms with E-state index in [2.05, 4.69) is 47.2 Å². The quantitative estimate of drug-likeness (QED) is 0.776. The second-order valence-electron chi connectivity index (χ2n) is 2.74. The van der Waals surface area contributed by atoms with Crippen LogP contribution in [-0.2, 0) is 0 Å². The molecule has 0 spiro atoms. The molecule has 5 nitrogen and oxygen atoms in total. The highest BCUT2D eigenvalue weighted by Crippen LogP contribution is 2.17. The second-order valence-corrected chi connectivity index (χ2v) is 4.77. The van der Waals surface area contributed by atoms with Crippen molar-refractivity contribution in [3.8, 4) is 5.82 Å². The monoisotopic (exact) mass is 364 g/mol. The molecule has 2 aromatic rings. The first-order chi connectivity index (χ1) is 7.59. The number of aromatic nitrogens is 4. The van der Waals surface area contributed by atoms with E-state index in [1.165, 1.54) is 12.3 Å². The third-order valence-electron chi connectivity index (χ3n) is 1.71. The Balaban J connectivity index is 2.61. The Bertz CT molecular complexity index is 584. The fraction of sp³-hybridized carbons (Fsp3) is 0. The molecule has 82 valence electrons. The van der Waals surface area contributed by atoms with Crippen LogP contribution in [0.3, 0.4) is 0 Å². The summed E-state index contributed by atoms with van der Waals surface area (Å²) in [6, 6.07) is 3.10. The van der Waals surface area contributed by atoms with Crippen molar-refractivity contribution in [3.63, 3.8) is 0 Å². The molecule has 2 heterocycles. The van der Waals surface area contributed by atoms with Crippen molar-refractivity contribution in [2.24, 2.45) is 0 Å². The Morgan fingerprint density at radius 3 is 2.62 bits per heavy atom. The zero-order valence-electron chi connectivity index (χ0n) is 7.56. The summed E-state index contributed by atoms with van der Waals surface area (Å²) in [4.78, 5) is 11.8. The summed E-state index contributed by atoms with van der Waals surface area (Å²) in [7, 11) is 0. The van der Waals surface area contributed by atoms with Gasteiger partial charge >= 0.3 is 0 Å². The molecule has 0 radical (unpaired) electrons. The van der Waals surface area contributed by atoms with Crippen molar-refractivity contribution in [1.29, 1.82) is 0 Å². The fourth-order valence-electron chi connectivity index (χ4n) is 0.998. The minimum absolute atomic E-state index is 0.257. The lowest BCUT2D eigenvalue weighted by Crippen LogP contribution is -2.22. The molecule has 0 saturated heterocycles. The lowest BCUT2D eigenvalue weighted by Gasteiger charge is -2.03. The summed E-state index contributed by atoms with van der Waals surface area (Å²) >= 11 is 11.9. The maximum Gasteiger partial charge on any atom is 0.288 e. The smallest absolute Gasteiger partial charge is 0.266 e. The fourth-order valence-corrected chi connectivity index (χ4v) is 1.63. The van der Waals surface area contributed by atoms with Gasteiger partial charge in [-0.05, 0) is 44.0 Å². The molecular weight excluding hydrogens is 363 g/mol. The summed E-state index contributed by atoms with van der Waals surface area (Å²) in [6.45, 7) is 0. The molecule has 2 aromatic heterocycles. The van der Waals surface area contributed by atoms with Crippen molar-refractivity contribution in [3.05, 3.63) is 42.8 Å². The molecule has 16 heavy (non-hydrogen) atoms. The SMILES string of the molecule is O=c1c(Br)c(Br)cnn1-c1ccc(Cl)nn1. The summed E-state index contributed by atoms with van der Waals surface area (Å²) in [6.07, 6.45) is 1.49. The van der Waals surface area contributed by atoms with Gasteiger partial charge in [0.2, 0.25) is 0 Å². The Kier molecular flexibility index (Phi) is 3.36. The van der Waals surface area contributed by atoms with Crippen molar-refractivity contribution in [2.75, 3.05) is 0 Å². The highest BCUT2D eigenvalue weighted by molar-refractivity contribution is 9.13. The van der Waals surface area contributed by atoms with Crippen molar-refractivity contribution in [2.45, 2.75) is 0 Å². The van der Waals surface area contributed by atoms with Crippen molar-refractivity contribution >= 4 is 43.5 Å². The van der Waals surface area contributed by atoms with E-state index in [-0.39, 0.29) is 10.7 Å². The van der Waals surface area contributed by atoms with Crippen LogP contribution in [0, 0.1) is 0 Å². The highest BCUT2D eigenvalue weighted by Gasteiger charge is 2.09. The summed E-state index contributed by atoms with van der Waals surface area (Å²) in [5.41, 5.74) is -0.328. The maximum absolute atomic E-state index is 11.8. The van der Waals surface area contributed by atoms with Gasteiger partial charge in [0.25, 0.3) is 5.56 Å². The molecule has 0 aliphatic heterocycles. The largest absolute Gasteiger partial charge is 0.288 e. The van der Waals surface area contributed by atoms with Crippen LogP contribution in [-0.4, -0.2) is 20.0 Å². The van der Waals surface area contributed by atoms with Gasteiger partial charge in [0.15, 0.2) is 11.0 Å². The number of nitrogens with zero attached hydrogens (tertiary/aromatic N) is 4. The predicted octanol–water partition coefficient (Wildman–Crippen LogP) is 2.20. The normalized spacial score (nSPS) is 10.4. The van der Waals surface area contributed by atoms with Gasteiger partial charge in [-0.15, -0.1) is 10.2 Å². The standard InChI is InChI=1S/C8H3Br2ClN4O/c9-4-3-12-15(8(16)7(4)10)6-2-1-5(11)13-14-6/h1-3H. The van der Waals surface area contributed by atoms with Gasteiger partial charge in [0, 0.05) is 0 Å². The van der Waals surface area contributed by atoms with Gasteiger partial charge < -0.3 is 0 Å². The number of hydrogen-bond donors (Lipinski definition) is 0. The third kappa shape index (κ3) is 2.16. The molecule has 0 fully saturated rings. The van der Waals surface area contributed by atoms with Crippen LogP contribution in [0.1, 0.15) is 0 Å². The molecule has 0 unspecified atom stereocenters.